The van der Waals surface area contributed by atoms with Crippen molar-refractivity contribution < 1.29 is 30.0 Å². The number of carbonyl (C=O) groups excluding carboxylic acids is 2. The van der Waals surface area contributed by atoms with Gasteiger partial charge in [0.15, 0.2) is 11.6 Å². The van der Waals surface area contributed by atoms with Crippen LogP contribution in [0.3, 0.4) is 0 Å². The van der Waals surface area contributed by atoms with Crippen molar-refractivity contribution in [2.24, 2.45) is 28.6 Å². The maximum Gasteiger partial charge on any atom is 0.190 e. The van der Waals surface area contributed by atoms with Crippen LogP contribution in [0.4, 0.5) is 0 Å². The van der Waals surface area contributed by atoms with Crippen LogP contribution < -0.4 is 0 Å². The number of hydrogen-bond acceptors (Lipinski definition) is 6. The molecule has 8 atom stereocenters. The van der Waals surface area contributed by atoms with Crippen molar-refractivity contribution in [3.63, 3.8) is 0 Å². The second-order valence-corrected chi connectivity index (χ2v) is 9.70. The average molecular weight is 378 g/mol. The summed E-state index contributed by atoms with van der Waals surface area (Å²) in [5.41, 5.74) is -1.97. The molecule has 27 heavy (non-hydrogen) atoms. The maximum absolute atomic E-state index is 12.4. The Labute approximate surface area is 159 Å². The first-order valence-electron chi connectivity index (χ1n) is 10.0. The Morgan fingerprint density at radius 2 is 1.93 bits per heavy atom. The zero-order valence-electron chi connectivity index (χ0n) is 16.0. The molecule has 0 heterocycles. The number of rotatable bonds is 2. The number of carbonyl (C=O) groups is 2. The average Bonchev–Trinajstić information content (AvgIpc) is 2.87. The smallest absolute Gasteiger partial charge is 0.190 e. The van der Waals surface area contributed by atoms with Gasteiger partial charge < -0.3 is 20.4 Å². The summed E-state index contributed by atoms with van der Waals surface area (Å²) in [4.78, 5) is 24.3. The SMILES string of the molecule is C[C@]12CCC(=O)C=C1C[C@@H](O)C1[C@@H]2[C@@H](O)C[C@@]2(C)[C@H]1CC[C@]2(O)C(=O)CO. The molecule has 0 aromatic carbocycles. The third kappa shape index (κ3) is 2.33. The molecule has 0 amide bonds. The van der Waals surface area contributed by atoms with Crippen LogP contribution >= 0.6 is 0 Å². The van der Waals surface area contributed by atoms with Gasteiger partial charge in [0.1, 0.15) is 12.2 Å². The standard InChI is InChI=1S/C21H30O6/c1-19-5-3-12(23)7-11(19)8-14(24)17-13-4-6-21(27,16(26)10-22)20(13,2)9-15(25)18(17)19/h7,13-15,17-18,22,24-25,27H,3-6,8-10H2,1-2H3/t13-,14+,15-,17?,18-,19-,20-,21-/m0/s1. The molecule has 3 saturated carbocycles. The van der Waals surface area contributed by atoms with Gasteiger partial charge in [-0.2, -0.15) is 0 Å². The summed E-state index contributed by atoms with van der Waals surface area (Å²) in [5.74, 6) is -1.08. The molecule has 0 spiro atoms. The summed E-state index contributed by atoms with van der Waals surface area (Å²) in [6, 6.07) is 0. The van der Waals surface area contributed by atoms with Crippen LogP contribution in [0.25, 0.3) is 0 Å². The molecule has 4 aliphatic carbocycles. The molecular weight excluding hydrogens is 348 g/mol. The van der Waals surface area contributed by atoms with E-state index in [1.54, 1.807) is 6.08 Å². The number of aliphatic hydroxyl groups excluding tert-OH is 3. The number of ketones is 2. The van der Waals surface area contributed by atoms with Crippen LogP contribution in [0.2, 0.25) is 0 Å². The predicted molar refractivity (Wildman–Crippen MR) is 96.5 cm³/mol. The molecule has 0 radical (unpaired) electrons. The Morgan fingerprint density at radius 3 is 2.59 bits per heavy atom. The van der Waals surface area contributed by atoms with Gasteiger partial charge >= 0.3 is 0 Å². The first kappa shape index (κ1) is 19.2. The largest absolute Gasteiger partial charge is 0.393 e. The van der Waals surface area contributed by atoms with E-state index in [4.69, 9.17) is 0 Å². The molecule has 0 aliphatic heterocycles. The lowest BCUT2D eigenvalue weighted by Crippen LogP contribution is -2.64. The minimum Gasteiger partial charge on any atom is -0.393 e. The monoisotopic (exact) mass is 378 g/mol. The van der Waals surface area contributed by atoms with Crippen LogP contribution in [0.5, 0.6) is 0 Å². The van der Waals surface area contributed by atoms with Crippen molar-refractivity contribution >= 4 is 11.6 Å². The normalized spacial score (nSPS) is 51.9. The van der Waals surface area contributed by atoms with Crippen LogP contribution in [0.1, 0.15) is 52.4 Å². The number of hydrogen-bond donors (Lipinski definition) is 4. The van der Waals surface area contributed by atoms with E-state index in [0.29, 0.717) is 25.7 Å². The molecule has 6 nitrogen and oxygen atoms in total. The van der Waals surface area contributed by atoms with Gasteiger partial charge in [-0.25, -0.2) is 0 Å². The summed E-state index contributed by atoms with van der Waals surface area (Å²) in [6.07, 6.45) is 2.73. The summed E-state index contributed by atoms with van der Waals surface area (Å²) < 4.78 is 0. The molecule has 0 saturated heterocycles. The topological polar surface area (TPSA) is 115 Å². The van der Waals surface area contributed by atoms with Gasteiger partial charge in [-0.1, -0.05) is 19.4 Å². The molecule has 3 fully saturated rings. The van der Waals surface area contributed by atoms with E-state index < -0.39 is 35.6 Å². The van der Waals surface area contributed by atoms with Gasteiger partial charge in [0, 0.05) is 11.8 Å². The molecule has 0 bridgehead atoms. The second kappa shape index (κ2) is 5.96. The van der Waals surface area contributed by atoms with Gasteiger partial charge in [0.05, 0.1) is 12.2 Å². The fourth-order valence-electron chi connectivity index (χ4n) is 7.24. The van der Waals surface area contributed by atoms with Crippen molar-refractivity contribution in [3.8, 4) is 0 Å². The fourth-order valence-corrected chi connectivity index (χ4v) is 7.24. The lowest BCUT2D eigenvalue weighted by Gasteiger charge is -2.61. The quantitative estimate of drug-likeness (QED) is 0.564. The van der Waals surface area contributed by atoms with E-state index in [0.717, 1.165) is 5.57 Å². The highest BCUT2D eigenvalue weighted by Gasteiger charge is 2.69. The summed E-state index contributed by atoms with van der Waals surface area (Å²) >= 11 is 0. The zero-order valence-corrected chi connectivity index (χ0v) is 16.0. The first-order chi connectivity index (χ1) is 12.6. The molecule has 4 N–H and O–H groups in total. The Morgan fingerprint density at radius 1 is 1.22 bits per heavy atom. The van der Waals surface area contributed by atoms with Crippen LogP contribution in [-0.4, -0.2) is 56.4 Å². The van der Waals surface area contributed by atoms with Crippen molar-refractivity contribution in [2.45, 2.75) is 70.2 Å². The molecule has 150 valence electrons. The molecular formula is C21H30O6. The minimum atomic E-state index is -1.67. The van der Waals surface area contributed by atoms with Crippen LogP contribution in [0.15, 0.2) is 11.6 Å². The van der Waals surface area contributed by atoms with Crippen molar-refractivity contribution in [3.05, 3.63) is 11.6 Å². The highest BCUT2D eigenvalue weighted by atomic mass is 16.3. The number of Topliss-reactive ketones (excluding diaryl/α,β-unsaturated/α-hetero) is 1. The van der Waals surface area contributed by atoms with Gasteiger partial charge in [0.2, 0.25) is 0 Å². The third-order valence-electron chi connectivity index (χ3n) is 8.68. The first-order valence-corrected chi connectivity index (χ1v) is 10.0. The van der Waals surface area contributed by atoms with Crippen LogP contribution in [-0.2, 0) is 9.59 Å². The highest BCUT2D eigenvalue weighted by Crippen LogP contribution is 2.67. The summed E-state index contributed by atoms with van der Waals surface area (Å²) in [7, 11) is 0. The van der Waals surface area contributed by atoms with Gasteiger partial charge in [-0.15, -0.1) is 0 Å². The van der Waals surface area contributed by atoms with E-state index >= 15 is 0 Å². The van der Waals surface area contributed by atoms with E-state index in [9.17, 15) is 30.0 Å². The molecule has 4 rings (SSSR count). The lowest BCUT2D eigenvalue weighted by atomic mass is 9.44. The van der Waals surface area contributed by atoms with Gasteiger partial charge in [-0.05, 0) is 61.3 Å². The predicted octanol–water partition coefficient (Wildman–Crippen LogP) is 0.752. The Kier molecular flexibility index (Phi) is 4.25. The Hall–Kier alpha value is -1.08. The second-order valence-electron chi connectivity index (χ2n) is 9.70. The Balaban J connectivity index is 1.78. The zero-order chi connectivity index (χ0) is 19.8. The van der Waals surface area contributed by atoms with Gasteiger partial charge in [0.25, 0.3) is 0 Å². The van der Waals surface area contributed by atoms with Crippen molar-refractivity contribution in [1.82, 2.24) is 0 Å². The van der Waals surface area contributed by atoms with E-state index in [1.807, 2.05) is 6.92 Å². The summed E-state index contributed by atoms with van der Waals surface area (Å²) in [5, 5.41) is 42.7. The van der Waals surface area contributed by atoms with E-state index in [2.05, 4.69) is 6.92 Å². The molecule has 0 aromatic rings. The Bertz CT molecular complexity index is 715. The summed E-state index contributed by atoms with van der Waals surface area (Å²) in [6.45, 7) is 3.18. The number of aliphatic hydroxyl groups is 4. The number of fused-ring (bicyclic) bond motifs is 5. The molecule has 4 aliphatic rings. The third-order valence-corrected chi connectivity index (χ3v) is 8.68. The highest BCUT2D eigenvalue weighted by molar-refractivity contribution is 5.92. The van der Waals surface area contributed by atoms with Crippen molar-refractivity contribution in [1.29, 1.82) is 0 Å². The van der Waals surface area contributed by atoms with E-state index in [1.165, 1.54) is 0 Å². The minimum absolute atomic E-state index is 0.0760. The molecule has 0 aromatic heterocycles. The maximum atomic E-state index is 12.4. The van der Waals surface area contributed by atoms with E-state index in [-0.39, 0.29) is 41.8 Å². The van der Waals surface area contributed by atoms with Gasteiger partial charge in [-0.3, -0.25) is 9.59 Å². The van der Waals surface area contributed by atoms with Crippen molar-refractivity contribution in [2.75, 3.05) is 6.61 Å². The molecule has 6 heteroatoms. The molecule has 1 unspecified atom stereocenters. The fraction of sp³-hybridized carbons (Fsp3) is 0.810. The lowest BCUT2D eigenvalue weighted by molar-refractivity contribution is -0.197. The van der Waals surface area contributed by atoms with Crippen LogP contribution in [0, 0.1) is 28.6 Å².